The van der Waals surface area contributed by atoms with Crippen molar-refractivity contribution in [2.24, 2.45) is 0 Å². The summed E-state index contributed by atoms with van der Waals surface area (Å²) in [7, 11) is 1.56. The van der Waals surface area contributed by atoms with E-state index in [1.165, 1.54) is 11.6 Å². The van der Waals surface area contributed by atoms with Crippen LogP contribution in [0.3, 0.4) is 0 Å². The number of rotatable bonds is 11. The van der Waals surface area contributed by atoms with Gasteiger partial charge < -0.3 is 19.3 Å². The summed E-state index contributed by atoms with van der Waals surface area (Å²) in [6, 6.07) is 13.8. The van der Waals surface area contributed by atoms with Crippen LogP contribution in [0.1, 0.15) is 25.0 Å². The highest BCUT2D eigenvalue weighted by atomic mass is 16.6. The third-order valence-corrected chi connectivity index (χ3v) is 4.40. The molecule has 0 saturated carbocycles. The number of aliphatic hydroxyl groups excluding tert-OH is 1. The summed E-state index contributed by atoms with van der Waals surface area (Å²) in [5.74, 6) is 0.611. The standard InChI is InChI=1S/C24H28N2O7/c1-17(16-23(28)26-30)4-3-5-22(18-6-10-21(11-7-18)32-15-14-27)33-24(29)25-19-8-12-20(31-2)13-9-19/h3-4,6-13,16,22,27,30H,5,14-15H2,1-2H3,(H,25,29)(H,26,28)/b4-3+,17-16+/t22-/m0/s1. The zero-order valence-electron chi connectivity index (χ0n) is 18.5. The highest BCUT2D eigenvalue weighted by molar-refractivity contribution is 5.87. The van der Waals surface area contributed by atoms with E-state index in [1.54, 1.807) is 74.7 Å². The zero-order valence-corrected chi connectivity index (χ0v) is 18.5. The lowest BCUT2D eigenvalue weighted by atomic mass is 10.1. The van der Waals surface area contributed by atoms with Gasteiger partial charge >= 0.3 is 6.09 Å². The van der Waals surface area contributed by atoms with Crippen LogP contribution in [0, 0.1) is 0 Å². The Labute approximate surface area is 192 Å². The van der Waals surface area contributed by atoms with Crippen LogP contribution in [-0.4, -0.2) is 42.6 Å². The first-order valence-corrected chi connectivity index (χ1v) is 10.2. The number of hydroxylamine groups is 1. The molecule has 0 fully saturated rings. The average Bonchev–Trinajstić information content (AvgIpc) is 2.82. The van der Waals surface area contributed by atoms with Gasteiger partial charge in [-0.15, -0.1) is 0 Å². The molecular formula is C24H28N2O7. The first kappa shape index (κ1) is 25.4. The lowest BCUT2D eigenvalue weighted by Gasteiger charge is -2.18. The first-order chi connectivity index (χ1) is 15.9. The molecule has 0 aliphatic heterocycles. The second-order valence-electron chi connectivity index (χ2n) is 6.89. The fraction of sp³-hybridized carbons (Fsp3) is 0.250. The Kier molecular flexibility index (Phi) is 10.5. The minimum atomic E-state index is -0.637. The highest BCUT2D eigenvalue weighted by Gasteiger charge is 2.16. The Morgan fingerprint density at radius 1 is 1.06 bits per heavy atom. The van der Waals surface area contributed by atoms with Crippen LogP contribution in [0.15, 0.2) is 72.3 Å². The third-order valence-electron chi connectivity index (χ3n) is 4.40. The van der Waals surface area contributed by atoms with Gasteiger partial charge in [0.15, 0.2) is 0 Å². The van der Waals surface area contributed by atoms with Crippen molar-refractivity contribution in [2.45, 2.75) is 19.4 Å². The Balaban J connectivity index is 2.12. The summed E-state index contributed by atoms with van der Waals surface area (Å²) >= 11 is 0. The maximum absolute atomic E-state index is 12.5. The maximum Gasteiger partial charge on any atom is 0.412 e. The molecule has 0 aromatic heterocycles. The maximum atomic E-state index is 12.5. The van der Waals surface area contributed by atoms with E-state index in [1.807, 2.05) is 0 Å². The van der Waals surface area contributed by atoms with E-state index >= 15 is 0 Å². The fourth-order valence-electron chi connectivity index (χ4n) is 2.81. The van der Waals surface area contributed by atoms with Crippen LogP contribution in [0.25, 0.3) is 0 Å². The molecule has 0 spiro atoms. The molecule has 4 N–H and O–H groups in total. The Morgan fingerprint density at radius 2 is 1.73 bits per heavy atom. The number of carbonyl (C=O) groups excluding carboxylic acids is 2. The number of allylic oxidation sites excluding steroid dienone is 2. The molecule has 9 heteroatoms. The van der Waals surface area contributed by atoms with Crippen LogP contribution in [0.5, 0.6) is 11.5 Å². The Morgan fingerprint density at radius 3 is 2.33 bits per heavy atom. The summed E-state index contributed by atoms with van der Waals surface area (Å²) in [5, 5.41) is 20.2. The highest BCUT2D eigenvalue weighted by Crippen LogP contribution is 2.25. The average molecular weight is 456 g/mol. The van der Waals surface area contributed by atoms with E-state index in [-0.39, 0.29) is 13.2 Å². The Hall–Kier alpha value is -3.82. The predicted molar refractivity (Wildman–Crippen MR) is 122 cm³/mol. The van der Waals surface area contributed by atoms with Gasteiger partial charge in [0.1, 0.15) is 24.2 Å². The SMILES string of the molecule is COc1ccc(NC(=O)O[C@@H](C/C=C/C(C)=C/C(=O)NO)c2ccc(OCCO)cc2)cc1. The van der Waals surface area contributed by atoms with Crippen molar-refractivity contribution in [1.82, 2.24) is 5.48 Å². The molecule has 2 aromatic carbocycles. The summed E-state index contributed by atoms with van der Waals surface area (Å²) in [6.45, 7) is 1.79. The largest absolute Gasteiger partial charge is 0.497 e. The quantitative estimate of drug-likeness (QED) is 0.176. The van der Waals surface area contributed by atoms with E-state index < -0.39 is 18.1 Å². The predicted octanol–water partition coefficient (Wildman–Crippen LogP) is 3.75. The van der Waals surface area contributed by atoms with Crippen molar-refractivity contribution >= 4 is 17.7 Å². The molecule has 0 heterocycles. The van der Waals surface area contributed by atoms with E-state index in [2.05, 4.69) is 5.32 Å². The van der Waals surface area contributed by atoms with Gasteiger partial charge in [0, 0.05) is 18.2 Å². The van der Waals surface area contributed by atoms with Crippen molar-refractivity contribution in [1.29, 1.82) is 0 Å². The van der Waals surface area contributed by atoms with Crippen LogP contribution in [0.4, 0.5) is 10.5 Å². The summed E-state index contributed by atoms with van der Waals surface area (Å²) < 4.78 is 16.1. The van der Waals surface area contributed by atoms with Gasteiger partial charge in [0.2, 0.25) is 0 Å². The molecular weight excluding hydrogens is 428 g/mol. The van der Waals surface area contributed by atoms with Crippen molar-refractivity contribution in [2.75, 3.05) is 25.6 Å². The molecule has 33 heavy (non-hydrogen) atoms. The van der Waals surface area contributed by atoms with Crippen LogP contribution in [0.2, 0.25) is 0 Å². The molecule has 0 unspecified atom stereocenters. The number of hydrogen-bond acceptors (Lipinski definition) is 7. The van der Waals surface area contributed by atoms with Crippen molar-refractivity contribution < 1.29 is 34.1 Å². The van der Waals surface area contributed by atoms with E-state index in [9.17, 15) is 9.59 Å². The van der Waals surface area contributed by atoms with Crippen LogP contribution >= 0.6 is 0 Å². The molecule has 2 rings (SSSR count). The molecule has 2 aromatic rings. The zero-order chi connectivity index (χ0) is 24.1. The summed E-state index contributed by atoms with van der Waals surface area (Å²) in [6.07, 6.45) is 3.76. The van der Waals surface area contributed by atoms with Gasteiger partial charge in [-0.1, -0.05) is 24.3 Å². The van der Waals surface area contributed by atoms with E-state index in [0.29, 0.717) is 29.2 Å². The molecule has 0 bridgehead atoms. The smallest absolute Gasteiger partial charge is 0.412 e. The minimum absolute atomic E-state index is 0.0923. The van der Waals surface area contributed by atoms with Gasteiger partial charge in [0.05, 0.1) is 13.7 Å². The molecule has 176 valence electrons. The van der Waals surface area contributed by atoms with E-state index in [4.69, 9.17) is 24.5 Å². The molecule has 0 radical (unpaired) electrons. The summed E-state index contributed by atoms with van der Waals surface area (Å²) in [5.41, 5.74) is 3.43. The number of aliphatic hydroxyl groups is 1. The number of benzene rings is 2. The molecule has 2 amide bonds. The van der Waals surface area contributed by atoms with Gasteiger partial charge in [-0.25, -0.2) is 10.3 Å². The number of nitrogens with one attached hydrogen (secondary N) is 2. The summed E-state index contributed by atoms with van der Waals surface area (Å²) in [4.78, 5) is 23.7. The minimum Gasteiger partial charge on any atom is -0.497 e. The van der Waals surface area contributed by atoms with Gasteiger partial charge in [-0.3, -0.25) is 15.3 Å². The second kappa shape index (κ2) is 13.6. The molecule has 1 atom stereocenters. The lowest BCUT2D eigenvalue weighted by Crippen LogP contribution is -2.17. The molecule has 0 saturated heterocycles. The van der Waals surface area contributed by atoms with Gasteiger partial charge in [-0.2, -0.15) is 0 Å². The van der Waals surface area contributed by atoms with Gasteiger partial charge in [-0.05, 0) is 54.5 Å². The number of anilines is 1. The number of ether oxygens (including phenoxy) is 3. The normalized spacial score (nSPS) is 12.2. The number of carbonyl (C=O) groups is 2. The third kappa shape index (κ3) is 9.06. The van der Waals surface area contributed by atoms with Crippen LogP contribution in [-0.2, 0) is 9.53 Å². The number of methoxy groups -OCH3 is 1. The topological polar surface area (TPSA) is 126 Å². The van der Waals surface area contributed by atoms with Gasteiger partial charge in [0.25, 0.3) is 5.91 Å². The second-order valence-corrected chi connectivity index (χ2v) is 6.89. The molecule has 0 aliphatic carbocycles. The number of amides is 2. The lowest BCUT2D eigenvalue weighted by molar-refractivity contribution is -0.124. The number of hydrogen-bond donors (Lipinski definition) is 4. The van der Waals surface area contributed by atoms with Crippen molar-refractivity contribution in [3.05, 3.63) is 77.9 Å². The van der Waals surface area contributed by atoms with Crippen molar-refractivity contribution in [3.63, 3.8) is 0 Å². The first-order valence-electron chi connectivity index (χ1n) is 10.2. The van der Waals surface area contributed by atoms with E-state index in [0.717, 1.165) is 5.56 Å². The molecule has 9 nitrogen and oxygen atoms in total. The molecule has 0 aliphatic rings. The monoisotopic (exact) mass is 456 g/mol. The Bertz CT molecular complexity index is 954. The van der Waals surface area contributed by atoms with Crippen molar-refractivity contribution in [3.8, 4) is 11.5 Å². The van der Waals surface area contributed by atoms with Crippen LogP contribution < -0.4 is 20.3 Å². The fourth-order valence-corrected chi connectivity index (χ4v) is 2.81.